The van der Waals surface area contributed by atoms with Gasteiger partial charge in [-0.25, -0.2) is 4.79 Å². The first-order chi connectivity index (χ1) is 8.04. The number of carbonyl (C=O) groups is 2. The second-order valence-electron chi connectivity index (χ2n) is 3.66. The summed E-state index contributed by atoms with van der Waals surface area (Å²) >= 11 is 0. The second-order valence-corrected chi connectivity index (χ2v) is 3.66. The lowest BCUT2D eigenvalue weighted by Crippen LogP contribution is -2.13. The highest BCUT2D eigenvalue weighted by molar-refractivity contribution is 5.89. The molecule has 5 heteroatoms. The predicted octanol–water partition coefficient (Wildman–Crippen LogP) is 1.34. The smallest absolute Gasteiger partial charge is 0.337 e. The van der Waals surface area contributed by atoms with E-state index in [9.17, 15) is 9.59 Å². The van der Waals surface area contributed by atoms with Crippen molar-refractivity contribution in [2.45, 2.75) is 18.9 Å². The summed E-state index contributed by atoms with van der Waals surface area (Å²) in [6.45, 7) is 0. The van der Waals surface area contributed by atoms with Crippen molar-refractivity contribution in [3.05, 3.63) is 35.4 Å². The van der Waals surface area contributed by atoms with Crippen LogP contribution in [0.5, 0.6) is 0 Å². The topological polar surface area (TPSA) is 89.6 Å². The Labute approximate surface area is 99.2 Å². The molecule has 1 rings (SSSR count). The number of ether oxygens (including phenoxy) is 1. The van der Waals surface area contributed by atoms with Crippen LogP contribution in [-0.4, -0.2) is 24.2 Å². The molecular formula is C12H15NO4. The van der Waals surface area contributed by atoms with Crippen molar-refractivity contribution in [1.82, 2.24) is 0 Å². The highest BCUT2D eigenvalue weighted by Gasteiger charge is 2.11. The number of hydrogen-bond acceptors (Lipinski definition) is 4. The van der Waals surface area contributed by atoms with E-state index in [1.54, 1.807) is 24.3 Å². The zero-order valence-electron chi connectivity index (χ0n) is 9.55. The van der Waals surface area contributed by atoms with Crippen LogP contribution in [0.4, 0.5) is 0 Å². The summed E-state index contributed by atoms with van der Waals surface area (Å²) < 4.78 is 4.60. The van der Waals surface area contributed by atoms with Gasteiger partial charge in [0.25, 0.3) is 0 Å². The number of carboxylic acid groups (broad SMARTS) is 1. The highest BCUT2D eigenvalue weighted by Crippen LogP contribution is 2.17. The summed E-state index contributed by atoms with van der Waals surface area (Å²) in [5.41, 5.74) is 6.98. The molecule has 0 radical (unpaired) electrons. The minimum absolute atomic E-state index is 0.00359. The fourth-order valence-electron chi connectivity index (χ4n) is 1.46. The first kappa shape index (κ1) is 13.2. The third-order valence-electron chi connectivity index (χ3n) is 2.41. The number of carbonyl (C=O) groups excluding carboxylic acids is 1. The van der Waals surface area contributed by atoms with Gasteiger partial charge in [-0.15, -0.1) is 0 Å². The number of methoxy groups -OCH3 is 1. The molecule has 17 heavy (non-hydrogen) atoms. The van der Waals surface area contributed by atoms with Gasteiger partial charge >= 0.3 is 11.9 Å². The van der Waals surface area contributed by atoms with Crippen molar-refractivity contribution in [2.75, 3.05) is 7.11 Å². The largest absolute Gasteiger partial charge is 0.481 e. The fraction of sp³-hybridized carbons (Fsp3) is 0.333. The molecule has 0 aliphatic rings. The molecule has 0 amide bonds. The van der Waals surface area contributed by atoms with Gasteiger partial charge in [-0.05, 0) is 24.1 Å². The summed E-state index contributed by atoms with van der Waals surface area (Å²) in [5.74, 6) is -1.32. The normalized spacial score (nSPS) is 11.9. The molecule has 1 unspecified atom stereocenters. The molecule has 1 aromatic rings. The summed E-state index contributed by atoms with van der Waals surface area (Å²) in [4.78, 5) is 21.7. The molecule has 3 N–H and O–H groups in total. The SMILES string of the molecule is COC(=O)c1cccc(C(N)CCC(=O)O)c1. The Morgan fingerprint density at radius 1 is 1.47 bits per heavy atom. The Balaban J connectivity index is 2.76. The number of carboxylic acids is 1. The van der Waals surface area contributed by atoms with Crippen LogP contribution in [0.1, 0.15) is 34.8 Å². The molecule has 0 aliphatic heterocycles. The second kappa shape index (κ2) is 6.00. The van der Waals surface area contributed by atoms with Crippen LogP contribution in [0.3, 0.4) is 0 Å². The number of hydrogen-bond donors (Lipinski definition) is 2. The Morgan fingerprint density at radius 3 is 2.76 bits per heavy atom. The molecule has 0 bridgehead atoms. The predicted molar refractivity (Wildman–Crippen MR) is 61.6 cm³/mol. The quantitative estimate of drug-likeness (QED) is 0.754. The minimum Gasteiger partial charge on any atom is -0.481 e. The lowest BCUT2D eigenvalue weighted by Gasteiger charge is -2.11. The van der Waals surface area contributed by atoms with Gasteiger partial charge in [0.05, 0.1) is 12.7 Å². The van der Waals surface area contributed by atoms with Crippen LogP contribution in [0, 0.1) is 0 Å². The molecule has 0 heterocycles. The Kier molecular flexibility index (Phi) is 4.66. The molecule has 92 valence electrons. The zero-order chi connectivity index (χ0) is 12.8. The van der Waals surface area contributed by atoms with E-state index in [0.29, 0.717) is 12.0 Å². The Bertz CT molecular complexity index is 417. The van der Waals surface area contributed by atoms with E-state index in [4.69, 9.17) is 10.8 Å². The maximum absolute atomic E-state index is 11.3. The van der Waals surface area contributed by atoms with Crippen LogP contribution in [0.15, 0.2) is 24.3 Å². The Hall–Kier alpha value is -1.88. The van der Waals surface area contributed by atoms with Crippen molar-refractivity contribution in [1.29, 1.82) is 0 Å². The van der Waals surface area contributed by atoms with E-state index in [1.807, 2.05) is 0 Å². The molecule has 1 atom stereocenters. The maximum Gasteiger partial charge on any atom is 0.337 e. The number of aliphatic carboxylic acids is 1. The van der Waals surface area contributed by atoms with E-state index >= 15 is 0 Å². The summed E-state index contributed by atoms with van der Waals surface area (Å²) in [6.07, 6.45) is 0.337. The molecule has 0 fully saturated rings. The highest BCUT2D eigenvalue weighted by atomic mass is 16.5. The minimum atomic E-state index is -0.885. The van der Waals surface area contributed by atoms with Gasteiger partial charge < -0.3 is 15.6 Å². The molecule has 0 spiro atoms. The summed E-state index contributed by atoms with van der Waals surface area (Å²) in [6, 6.07) is 6.31. The van der Waals surface area contributed by atoms with Crippen LogP contribution in [-0.2, 0) is 9.53 Å². The summed E-state index contributed by atoms with van der Waals surface area (Å²) in [5, 5.41) is 8.56. The monoisotopic (exact) mass is 237 g/mol. The van der Waals surface area contributed by atoms with Crippen molar-refractivity contribution in [3.8, 4) is 0 Å². The molecular weight excluding hydrogens is 222 g/mol. The van der Waals surface area contributed by atoms with Crippen LogP contribution in [0.2, 0.25) is 0 Å². The van der Waals surface area contributed by atoms with Crippen molar-refractivity contribution >= 4 is 11.9 Å². The van der Waals surface area contributed by atoms with Gasteiger partial charge in [-0.1, -0.05) is 12.1 Å². The average molecular weight is 237 g/mol. The maximum atomic E-state index is 11.3. The van der Waals surface area contributed by atoms with Gasteiger partial charge in [-0.3, -0.25) is 4.79 Å². The van der Waals surface area contributed by atoms with Crippen LogP contribution in [0.25, 0.3) is 0 Å². The van der Waals surface area contributed by atoms with Gasteiger partial charge in [0.15, 0.2) is 0 Å². The van der Waals surface area contributed by atoms with Crippen molar-refractivity contribution in [3.63, 3.8) is 0 Å². The first-order valence-corrected chi connectivity index (χ1v) is 5.20. The Morgan fingerprint density at radius 2 is 2.18 bits per heavy atom. The lowest BCUT2D eigenvalue weighted by molar-refractivity contribution is -0.137. The van der Waals surface area contributed by atoms with Crippen molar-refractivity contribution in [2.24, 2.45) is 5.73 Å². The van der Waals surface area contributed by atoms with Gasteiger partial charge in [0, 0.05) is 12.5 Å². The van der Waals surface area contributed by atoms with Gasteiger partial charge in [0.1, 0.15) is 0 Å². The number of benzene rings is 1. The van der Waals surface area contributed by atoms with Crippen molar-refractivity contribution < 1.29 is 19.4 Å². The summed E-state index contributed by atoms with van der Waals surface area (Å²) in [7, 11) is 1.30. The molecule has 0 saturated heterocycles. The molecule has 0 aliphatic carbocycles. The van der Waals surface area contributed by atoms with Crippen LogP contribution < -0.4 is 5.73 Å². The molecule has 1 aromatic carbocycles. The zero-order valence-corrected chi connectivity index (χ0v) is 9.55. The van der Waals surface area contributed by atoms with Gasteiger partial charge in [0.2, 0.25) is 0 Å². The third kappa shape index (κ3) is 3.88. The molecule has 5 nitrogen and oxygen atoms in total. The average Bonchev–Trinajstić information content (AvgIpc) is 2.35. The molecule has 0 saturated carbocycles. The number of rotatable bonds is 5. The number of esters is 1. The standard InChI is InChI=1S/C12H15NO4/c1-17-12(16)9-4-2-3-8(7-9)10(13)5-6-11(14)15/h2-4,7,10H,5-6,13H2,1H3,(H,14,15). The number of nitrogens with two attached hydrogens (primary N) is 1. The van der Waals surface area contributed by atoms with Gasteiger partial charge in [-0.2, -0.15) is 0 Å². The van der Waals surface area contributed by atoms with E-state index in [1.165, 1.54) is 7.11 Å². The van der Waals surface area contributed by atoms with E-state index in [2.05, 4.69) is 4.74 Å². The van der Waals surface area contributed by atoms with E-state index in [0.717, 1.165) is 5.56 Å². The van der Waals surface area contributed by atoms with E-state index < -0.39 is 18.0 Å². The molecule has 0 aromatic heterocycles. The first-order valence-electron chi connectivity index (χ1n) is 5.20. The van der Waals surface area contributed by atoms with Crippen LogP contribution >= 0.6 is 0 Å². The van der Waals surface area contributed by atoms with E-state index in [-0.39, 0.29) is 6.42 Å². The fourth-order valence-corrected chi connectivity index (χ4v) is 1.46. The lowest BCUT2D eigenvalue weighted by atomic mass is 10.0. The third-order valence-corrected chi connectivity index (χ3v) is 2.41.